The fraction of sp³-hybridized carbons (Fsp3) is 0.500. The summed E-state index contributed by atoms with van der Waals surface area (Å²) in [6.07, 6.45) is -4.69. The molecule has 0 saturated heterocycles. The second-order valence-electron chi connectivity index (χ2n) is 4.01. The average Bonchev–Trinajstić information content (AvgIpc) is 2.26. The molecular weight excluding hydrogens is 285 g/mol. The summed E-state index contributed by atoms with van der Waals surface area (Å²) in [5.41, 5.74) is 0. The van der Waals surface area contributed by atoms with Gasteiger partial charge in [0.25, 0.3) is 0 Å². The van der Waals surface area contributed by atoms with Gasteiger partial charge in [-0.2, -0.15) is 13.2 Å². The number of alkyl halides is 3. The van der Waals surface area contributed by atoms with Crippen LogP contribution in [0.25, 0.3) is 0 Å². The zero-order chi connectivity index (χ0) is 14.8. The van der Waals surface area contributed by atoms with Crippen LogP contribution in [0.3, 0.4) is 0 Å². The van der Waals surface area contributed by atoms with Crippen LogP contribution in [0.2, 0.25) is 5.15 Å². The molecule has 0 aliphatic carbocycles. The lowest BCUT2D eigenvalue weighted by molar-refractivity contribution is -0.144. The normalized spacial score (nSPS) is 11.3. The van der Waals surface area contributed by atoms with Gasteiger partial charge < -0.3 is 9.80 Å². The predicted molar refractivity (Wildman–Crippen MR) is 64.0 cm³/mol. The second-order valence-corrected chi connectivity index (χ2v) is 4.40. The molecule has 0 saturated carbocycles. The molecule has 0 aliphatic heterocycles. The first-order chi connectivity index (χ1) is 8.61. The van der Waals surface area contributed by atoms with E-state index in [9.17, 15) is 18.0 Å². The molecule has 1 aromatic heterocycles. The third-order valence-electron chi connectivity index (χ3n) is 2.20. The van der Waals surface area contributed by atoms with Crippen molar-refractivity contribution in [3.05, 3.63) is 17.0 Å². The third-order valence-corrected chi connectivity index (χ3v) is 2.39. The molecule has 0 radical (unpaired) electrons. The van der Waals surface area contributed by atoms with E-state index in [-0.39, 0.29) is 23.4 Å². The standard InChI is InChI=1S/C10H12ClF3N4O/c1-17(2)8(19)5-18(3)7-4-6(11)15-9(16-7)10(12,13)14/h4H,5H2,1-3H3. The van der Waals surface area contributed by atoms with E-state index in [1.165, 1.54) is 22.9 Å². The van der Waals surface area contributed by atoms with Crippen LogP contribution in [0.15, 0.2) is 6.07 Å². The van der Waals surface area contributed by atoms with Crippen LogP contribution < -0.4 is 4.90 Å². The van der Waals surface area contributed by atoms with E-state index in [4.69, 9.17) is 11.6 Å². The Morgan fingerprint density at radius 2 is 1.89 bits per heavy atom. The molecule has 106 valence electrons. The summed E-state index contributed by atoms with van der Waals surface area (Å²) in [6, 6.07) is 1.17. The number of nitrogens with zero attached hydrogens (tertiary/aromatic N) is 4. The first kappa shape index (κ1) is 15.5. The molecule has 0 unspecified atom stereocenters. The first-order valence-electron chi connectivity index (χ1n) is 5.14. The molecule has 0 aliphatic rings. The Labute approximate surface area is 113 Å². The maximum atomic E-state index is 12.5. The number of carbonyl (C=O) groups is 1. The van der Waals surface area contributed by atoms with Crippen molar-refractivity contribution >= 4 is 23.3 Å². The van der Waals surface area contributed by atoms with E-state index < -0.39 is 12.0 Å². The number of amides is 1. The minimum Gasteiger partial charge on any atom is -0.350 e. The van der Waals surface area contributed by atoms with E-state index >= 15 is 0 Å². The van der Waals surface area contributed by atoms with E-state index in [0.717, 1.165) is 0 Å². The van der Waals surface area contributed by atoms with Gasteiger partial charge in [0.1, 0.15) is 11.0 Å². The van der Waals surface area contributed by atoms with Gasteiger partial charge in [-0.05, 0) is 0 Å². The van der Waals surface area contributed by atoms with Crippen LogP contribution in [0.4, 0.5) is 19.0 Å². The van der Waals surface area contributed by atoms with Gasteiger partial charge in [0, 0.05) is 27.2 Å². The third kappa shape index (κ3) is 4.23. The highest BCUT2D eigenvalue weighted by Crippen LogP contribution is 2.28. The van der Waals surface area contributed by atoms with Crippen LogP contribution in [-0.2, 0) is 11.0 Å². The SMILES string of the molecule is CN(C)C(=O)CN(C)c1cc(Cl)nc(C(F)(F)F)n1. The lowest BCUT2D eigenvalue weighted by atomic mass is 10.4. The lowest BCUT2D eigenvalue weighted by Gasteiger charge is -2.20. The van der Waals surface area contributed by atoms with Gasteiger partial charge >= 0.3 is 6.18 Å². The van der Waals surface area contributed by atoms with Gasteiger partial charge in [0.05, 0.1) is 6.54 Å². The van der Waals surface area contributed by atoms with Crippen molar-refractivity contribution in [3.8, 4) is 0 Å². The summed E-state index contributed by atoms with van der Waals surface area (Å²) in [6.45, 7) is -0.113. The van der Waals surface area contributed by atoms with Crippen molar-refractivity contribution in [3.63, 3.8) is 0 Å². The smallest absolute Gasteiger partial charge is 0.350 e. The number of carbonyl (C=O) groups excluding carboxylic acids is 1. The molecule has 5 nitrogen and oxygen atoms in total. The molecule has 0 atom stereocenters. The van der Waals surface area contributed by atoms with E-state index in [1.54, 1.807) is 14.1 Å². The zero-order valence-corrected chi connectivity index (χ0v) is 11.2. The van der Waals surface area contributed by atoms with Crippen LogP contribution >= 0.6 is 11.6 Å². The average molecular weight is 297 g/mol. The Morgan fingerprint density at radius 3 is 2.37 bits per heavy atom. The molecule has 0 fully saturated rings. The van der Waals surface area contributed by atoms with Gasteiger partial charge in [0.15, 0.2) is 0 Å². The van der Waals surface area contributed by atoms with Crippen LogP contribution in [-0.4, -0.2) is 48.5 Å². The summed E-state index contributed by atoms with van der Waals surface area (Å²) in [5.74, 6) is -1.67. The van der Waals surface area contributed by atoms with Crippen molar-refractivity contribution < 1.29 is 18.0 Å². The number of likely N-dealkylation sites (N-methyl/N-ethyl adjacent to an activating group) is 2. The summed E-state index contributed by atoms with van der Waals surface area (Å²) in [5, 5.41) is -0.332. The van der Waals surface area contributed by atoms with Gasteiger partial charge in [-0.25, -0.2) is 9.97 Å². The monoisotopic (exact) mass is 296 g/mol. The number of aromatic nitrogens is 2. The number of hydrogen-bond donors (Lipinski definition) is 0. The molecule has 0 aromatic carbocycles. The molecule has 1 rings (SSSR count). The maximum absolute atomic E-state index is 12.5. The molecular formula is C10H12ClF3N4O. The lowest BCUT2D eigenvalue weighted by Crippen LogP contribution is -2.35. The molecule has 1 amide bonds. The topological polar surface area (TPSA) is 49.3 Å². The Hall–Kier alpha value is -1.57. The summed E-state index contributed by atoms with van der Waals surface area (Å²) >= 11 is 5.53. The highest BCUT2D eigenvalue weighted by molar-refractivity contribution is 6.29. The molecule has 19 heavy (non-hydrogen) atoms. The van der Waals surface area contributed by atoms with Crippen LogP contribution in [0.1, 0.15) is 5.82 Å². The molecule has 9 heteroatoms. The van der Waals surface area contributed by atoms with Crippen molar-refractivity contribution in [2.45, 2.75) is 6.18 Å². The van der Waals surface area contributed by atoms with Gasteiger partial charge in [-0.3, -0.25) is 4.79 Å². The molecule has 0 N–H and O–H groups in total. The summed E-state index contributed by atoms with van der Waals surface area (Å²) in [7, 11) is 4.54. The fourth-order valence-electron chi connectivity index (χ4n) is 1.15. The number of rotatable bonds is 3. The van der Waals surface area contributed by atoms with Gasteiger partial charge in [-0.1, -0.05) is 11.6 Å². The molecule has 0 spiro atoms. The van der Waals surface area contributed by atoms with Crippen LogP contribution in [0, 0.1) is 0 Å². The number of hydrogen-bond acceptors (Lipinski definition) is 4. The fourth-order valence-corrected chi connectivity index (χ4v) is 1.33. The zero-order valence-electron chi connectivity index (χ0n) is 10.5. The minimum atomic E-state index is -4.69. The molecule has 1 heterocycles. The van der Waals surface area contributed by atoms with Crippen molar-refractivity contribution in [2.75, 3.05) is 32.6 Å². The Morgan fingerprint density at radius 1 is 1.32 bits per heavy atom. The Kier molecular flexibility index (Phi) is 4.56. The quantitative estimate of drug-likeness (QED) is 0.796. The molecule has 0 bridgehead atoms. The van der Waals surface area contributed by atoms with Gasteiger partial charge in [-0.15, -0.1) is 0 Å². The predicted octanol–water partition coefficient (Wildman–Crippen LogP) is 1.67. The second kappa shape index (κ2) is 5.60. The Balaban J connectivity index is 3.01. The minimum absolute atomic E-state index is 0.0671. The Bertz CT molecular complexity index is 478. The molecule has 1 aromatic rings. The number of halogens is 4. The largest absolute Gasteiger partial charge is 0.451 e. The van der Waals surface area contributed by atoms with Gasteiger partial charge in [0.2, 0.25) is 11.7 Å². The van der Waals surface area contributed by atoms with E-state index in [1.807, 2.05) is 0 Å². The first-order valence-corrected chi connectivity index (χ1v) is 5.52. The van der Waals surface area contributed by atoms with Crippen molar-refractivity contribution in [2.24, 2.45) is 0 Å². The highest BCUT2D eigenvalue weighted by atomic mass is 35.5. The van der Waals surface area contributed by atoms with Crippen LogP contribution in [0.5, 0.6) is 0 Å². The van der Waals surface area contributed by atoms with E-state index in [0.29, 0.717) is 0 Å². The summed E-state index contributed by atoms with van der Waals surface area (Å²) < 4.78 is 37.6. The summed E-state index contributed by atoms with van der Waals surface area (Å²) in [4.78, 5) is 20.5. The highest BCUT2D eigenvalue weighted by Gasteiger charge is 2.35. The number of anilines is 1. The van der Waals surface area contributed by atoms with Crippen molar-refractivity contribution in [1.29, 1.82) is 0 Å². The maximum Gasteiger partial charge on any atom is 0.451 e. The van der Waals surface area contributed by atoms with E-state index in [2.05, 4.69) is 9.97 Å². The van der Waals surface area contributed by atoms with Crippen molar-refractivity contribution in [1.82, 2.24) is 14.9 Å².